The number of halogens is 1. The summed E-state index contributed by atoms with van der Waals surface area (Å²) in [4.78, 5) is 22.4. The van der Waals surface area contributed by atoms with Gasteiger partial charge in [-0.05, 0) is 18.1 Å². The van der Waals surface area contributed by atoms with Crippen molar-refractivity contribution < 1.29 is 19.8 Å². The van der Waals surface area contributed by atoms with Gasteiger partial charge in [0.1, 0.15) is 0 Å². The van der Waals surface area contributed by atoms with Crippen molar-refractivity contribution in [3.8, 4) is 0 Å². The highest BCUT2D eigenvalue weighted by Crippen LogP contribution is 2.31. The minimum Gasteiger partial charge on any atom is -0.480 e. The zero-order valence-electron chi connectivity index (χ0n) is 9.31. The van der Waals surface area contributed by atoms with Crippen LogP contribution in [0.3, 0.4) is 0 Å². The van der Waals surface area contributed by atoms with E-state index in [-0.39, 0.29) is 12.8 Å². The van der Waals surface area contributed by atoms with Gasteiger partial charge in [-0.3, -0.25) is 9.59 Å². The number of aliphatic carboxylic acids is 2. The lowest BCUT2D eigenvalue weighted by Gasteiger charge is -2.23. The molecule has 0 radical (unpaired) electrons. The van der Waals surface area contributed by atoms with E-state index in [1.54, 1.807) is 31.2 Å². The number of carboxylic acid groups (broad SMARTS) is 2. The molecule has 0 aliphatic heterocycles. The SMILES string of the molecule is CCC(Cc1ccccc1Cl)(C(=O)O)C(=O)O. The van der Waals surface area contributed by atoms with Crippen molar-refractivity contribution in [1.29, 1.82) is 0 Å². The maximum atomic E-state index is 11.2. The fourth-order valence-electron chi connectivity index (χ4n) is 1.64. The van der Waals surface area contributed by atoms with Crippen LogP contribution >= 0.6 is 11.6 Å². The Hall–Kier alpha value is -1.55. The first-order valence-electron chi connectivity index (χ1n) is 5.14. The zero-order chi connectivity index (χ0) is 13.1. The van der Waals surface area contributed by atoms with Crippen LogP contribution in [0, 0.1) is 5.41 Å². The average molecular weight is 257 g/mol. The highest BCUT2D eigenvalue weighted by molar-refractivity contribution is 6.31. The summed E-state index contributed by atoms with van der Waals surface area (Å²) in [6.45, 7) is 1.54. The summed E-state index contributed by atoms with van der Waals surface area (Å²) in [5.74, 6) is -2.68. The number of rotatable bonds is 5. The summed E-state index contributed by atoms with van der Waals surface area (Å²) >= 11 is 5.91. The molecule has 0 aromatic heterocycles. The van der Waals surface area contributed by atoms with Crippen LogP contribution in [0.2, 0.25) is 5.02 Å². The molecule has 0 unspecified atom stereocenters. The van der Waals surface area contributed by atoms with Gasteiger partial charge in [-0.2, -0.15) is 0 Å². The molecule has 0 spiro atoms. The molecule has 0 heterocycles. The van der Waals surface area contributed by atoms with E-state index in [1.165, 1.54) is 0 Å². The van der Waals surface area contributed by atoms with E-state index in [0.717, 1.165) is 0 Å². The maximum Gasteiger partial charge on any atom is 0.321 e. The first-order chi connectivity index (χ1) is 7.94. The van der Waals surface area contributed by atoms with E-state index >= 15 is 0 Å². The normalized spacial score (nSPS) is 11.2. The van der Waals surface area contributed by atoms with Gasteiger partial charge in [0, 0.05) is 11.4 Å². The molecule has 0 aliphatic rings. The first kappa shape index (κ1) is 13.5. The molecule has 17 heavy (non-hydrogen) atoms. The van der Waals surface area contributed by atoms with Crippen molar-refractivity contribution in [2.24, 2.45) is 5.41 Å². The van der Waals surface area contributed by atoms with E-state index in [1.807, 2.05) is 0 Å². The topological polar surface area (TPSA) is 74.6 Å². The molecule has 1 aromatic carbocycles. The zero-order valence-corrected chi connectivity index (χ0v) is 10.1. The van der Waals surface area contributed by atoms with Crippen molar-refractivity contribution in [2.45, 2.75) is 19.8 Å². The van der Waals surface area contributed by atoms with Crippen LogP contribution in [-0.4, -0.2) is 22.2 Å². The van der Waals surface area contributed by atoms with Crippen molar-refractivity contribution in [3.05, 3.63) is 34.9 Å². The van der Waals surface area contributed by atoms with Gasteiger partial charge in [-0.1, -0.05) is 36.7 Å². The van der Waals surface area contributed by atoms with Crippen LogP contribution in [0.5, 0.6) is 0 Å². The van der Waals surface area contributed by atoms with E-state index in [9.17, 15) is 9.59 Å². The molecule has 0 atom stereocenters. The lowest BCUT2D eigenvalue weighted by Crippen LogP contribution is -2.40. The molecule has 0 aliphatic carbocycles. The van der Waals surface area contributed by atoms with Crippen molar-refractivity contribution >= 4 is 23.5 Å². The number of hydrogen-bond donors (Lipinski definition) is 2. The second-order valence-corrected chi connectivity index (χ2v) is 4.22. The summed E-state index contributed by atoms with van der Waals surface area (Å²) in [6.07, 6.45) is -0.114. The molecule has 1 aromatic rings. The largest absolute Gasteiger partial charge is 0.480 e. The van der Waals surface area contributed by atoms with Crippen LogP contribution in [0.15, 0.2) is 24.3 Å². The van der Waals surface area contributed by atoms with Gasteiger partial charge in [0.05, 0.1) is 0 Å². The molecule has 0 amide bonds. The summed E-state index contributed by atoms with van der Waals surface area (Å²) in [7, 11) is 0. The molecule has 0 saturated heterocycles. The van der Waals surface area contributed by atoms with Crippen molar-refractivity contribution in [2.75, 3.05) is 0 Å². The Balaban J connectivity index is 3.15. The first-order valence-corrected chi connectivity index (χ1v) is 5.52. The standard InChI is InChI=1S/C12H13ClO4/c1-2-12(10(14)15,11(16)17)7-8-5-3-4-6-9(8)13/h3-6H,2,7H2,1H3,(H,14,15)(H,16,17). The third-order valence-corrected chi connectivity index (χ3v) is 3.24. The predicted octanol–water partition coefficient (Wildman–Crippen LogP) is 2.45. The molecular formula is C12H13ClO4. The molecule has 5 heteroatoms. The Labute approximate surface area is 104 Å². The predicted molar refractivity (Wildman–Crippen MR) is 63.2 cm³/mol. The fourth-order valence-corrected chi connectivity index (χ4v) is 1.84. The summed E-state index contributed by atoms with van der Waals surface area (Å²) in [5, 5.41) is 18.6. The number of carboxylic acids is 2. The van der Waals surface area contributed by atoms with Crippen molar-refractivity contribution in [3.63, 3.8) is 0 Å². The second kappa shape index (κ2) is 5.19. The third-order valence-electron chi connectivity index (χ3n) is 2.87. The highest BCUT2D eigenvalue weighted by atomic mass is 35.5. The average Bonchev–Trinajstić information content (AvgIpc) is 2.27. The smallest absolute Gasteiger partial charge is 0.321 e. The Kier molecular flexibility index (Phi) is 4.12. The van der Waals surface area contributed by atoms with Gasteiger partial charge < -0.3 is 10.2 Å². The molecule has 0 bridgehead atoms. The monoisotopic (exact) mass is 256 g/mol. The van der Waals surface area contributed by atoms with Gasteiger partial charge in [0.2, 0.25) is 0 Å². The third kappa shape index (κ3) is 2.58. The molecule has 92 valence electrons. The Bertz CT molecular complexity index is 428. The van der Waals surface area contributed by atoms with E-state index in [2.05, 4.69) is 0 Å². The van der Waals surface area contributed by atoms with Gasteiger partial charge >= 0.3 is 11.9 Å². The lowest BCUT2D eigenvalue weighted by molar-refractivity contribution is -0.164. The number of benzene rings is 1. The summed E-state index contributed by atoms with van der Waals surface area (Å²) in [6, 6.07) is 6.66. The molecule has 1 rings (SSSR count). The van der Waals surface area contributed by atoms with Gasteiger partial charge in [-0.15, -0.1) is 0 Å². The van der Waals surface area contributed by atoms with Crippen LogP contribution in [0.4, 0.5) is 0 Å². The molecular weight excluding hydrogens is 244 g/mol. The van der Waals surface area contributed by atoms with Crippen LogP contribution < -0.4 is 0 Å². The molecule has 0 fully saturated rings. The summed E-state index contributed by atoms with van der Waals surface area (Å²) in [5.41, 5.74) is -1.29. The van der Waals surface area contributed by atoms with E-state index in [4.69, 9.17) is 21.8 Å². The molecule has 0 saturated carbocycles. The Morgan fingerprint density at radius 3 is 2.18 bits per heavy atom. The minimum absolute atomic E-state index is 0.00287. The minimum atomic E-state index is -1.81. The number of carbonyl (C=O) groups is 2. The molecule has 4 nitrogen and oxygen atoms in total. The van der Waals surface area contributed by atoms with E-state index < -0.39 is 17.4 Å². The van der Waals surface area contributed by atoms with Gasteiger partial charge in [0.25, 0.3) is 0 Å². The fraction of sp³-hybridized carbons (Fsp3) is 0.333. The summed E-state index contributed by atoms with van der Waals surface area (Å²) < 4.78 is 0. The highest BCUT2D eigenvalue weighted by Gasteiger charge is 2.45. The van der Waals surface area contributed by atoms with Crippen LogP contribution in [-0.2, 0) is 16.0 Å². The van der Waals surface area contributed by atoms with Crippen LogP contribution in [0.25, 0.3) is 0 Å². The van der Waals surface area contributed by atoms with Crippen LogP contribution in [0.1, 0.15) is 18.9 Å². The van der Waals surface area contributed by atoms with Gasteiger partial charge in [0.15, 0.2) is 5.41 Å². The Morgan fingerprint density at radius 2 is 1.76 bits per heavy atom. The lowest BCUT2D eigenvalue weighted by atomic mass is 9.79. The van der Waals surface area contributed by atoms with Crippen molar-refractivity contribution in [1.82, 2.24) is 0 Å². The number of hydrogen-bond acceptors (Lipinski definition) is 2. The van der Waals surface area contributed by atoms with Gasteiger partial charge in [-0.25, -0.2) is 0 Å². The van der Waals surface area contributed by atoms with E-state index in [0.29, 0.717) is 10.6 Å². The molecule has 2 N–H and O–H groups in total. The maximum absolute atomic E-state index is 11.2. The second-order valence-electron chi connectivity index (χ2n) is 3.81. The Morgan fingerprint density at radius 1 is 1.24 bits per heavy atom. The quantitative estimate of drug-likeness (QED) is 0.794.